The van der Waals surface area contributed by atoms with Crippen LogP contribution in [0.25, 0.3) is 0 Å². The first-order chi connectivity index (χ1) is 19.0. The molecule has 0 fully saturated rings. The van der Waals surface area contributed by atoms with E-state index in [1.165, 1.54) is 23.2 Å². The lowest BCUT2D eigenvalue weighted by molar-refractivity contribution is -0.132. The zero-order valence-corrected chi connectivity index (χ0v) is 24.5. The van der Waals surface area contributed by atoms with Crippen molar-refractivity contribution in [2.24, 2.45) is 10.9 Å². The van der Waals surface area contributed by atoms with Crippen molar-refractivity contribution in [3.8, 4) is 0 Å². The Labute approximate surface area is 244 Å². The van der Waals surface area contributed by atoms with Gasteiger partial charge in [-0.15, -0.1) is 0 Å². The summed E-state index contributed by atoms with van der Waals surface area (Å²) >= 11 is 12.5. The number of benzene rings is 3. The van der Waals surface area contributed by atoms with Gasteiger partial charge in [0.25, 0.3) is 0 Å². The topological polar surface area (TPSA) is 125 Å². The van der Waals surface area contributed by atoms with Crippen LogP contribution in [0.3, 0.4) is 0 Å². The van der Waals surface area contributed by atoms with Crippen molar-refractivity contribution in [2.75, 3.05) is 26.7 Å². The summed E-state index contributed by atoms with van der Waals surface area (Å²) in [5.41, 5.74) is 3.04. The van der Waals surface area contributed by atoms with Crippen molar-refractivity contribution in [3.05, 3.63) is 99.0 Å². The van der Waals surface area contributed by atoms with E-state index in [9.17, 15) is 18.0 Å². The van der Waals surface area contributed by atoms with Crippen LogP contribution in [0.15, 0.2) is 76.7 Å². The van der Waals surface area contributed by atoms with Gasteiger partial charge in [-0.2, -0.15) is 9.41 Å². The SMILES string of the molecule is Cc1c(Cl)ccc(S(=O)(=O)N(CCc2ccccc2)CC(=O)NCC(=O)N(C)Cc2ccc(C=NN)cc2)c1Cl. The number of nitrogens with two attached hydrogens (primary N) is 1. The highest BCUT2D eigenvalue weighted by Crippen LogP contribution is 2.32. The number of nitrogens with zero attached hydrogens (tertiary/aromatic N) is 3. The first-order valence-corrected chi connectivity index (χ1v) is 14.5. The zero-order valence-electron chi connectivity index (χ0n) is 22.2. The third-order valence-electron chi connectivity index (χ3n) is 6.20. The number of rotatable bonds is 12. The third-order valence-corrected chi connectivity index (χ3v) is 9.10. The molecule has 0 bridgehead atoms. The summed E-state index contributed by atoms with van der Waals surface area (Å²) in [5.74, 6) is 4.20. The molecule has 3 N–H and O–H groups in total. The largest absolute Gasteiger partial charge is 0.346 e. The van der Waals surface area contributed by atoms with Gasteiger partial charge in [-0.1, -0.05) is 77.8 Å². The molecule has 9 nitrogen and oxygen atoms in total. The van der Waals surface area contributed by atoms with Crippen LogP contribution in [-0.4, -0.2) is 62.3 Å². The van der Waals surface area contributed by atoms with Gasteiger partial charge in [0.15, 0.2) is 0 Å². The number of amides is 2. The van der Waals surface area contributed by atoms with Crippen LogP contribution in [0, 0.1) is 6.92 Å². The molecule has 0 saturated carbocycles. The fraction of sp³-hybridized carbons (Fsp3) is 0.250. The summed E-state index contributed by atoms with van der Waals surface area (Å²) in [7, 11) is -2.55. The monoisotopic (exact) mass is 603 g/mol. The van der Waals surface area contributed by atoms with Crippen LogP contribution in [0.1, 0.15) is 22.3 Å². The van der Waals surface area contributed by atoms with E-state index in [0.717, 1.165) is 21.0 Å². The highest BCUT2D eigenvalue weighted by Gasteiger charge is 2.29. The summed E-state index contributed by atoms with van der Waals surface area (Å²) in [6, 6.07) is 19.4. The minimum absolute atomic E-state index is 0.00207. The summed E-state index contributed by atoms with van der Waals surface area (Å²) in [6.07, 6.45) is 1.88. The van der Waals surface area contributed by atoms with Gasteiger partial charge in [-0.05, 0) is 47.7 Å². The van der Waals surface area contributed by atoms with E-state index in [1.807, 2.05) is 54.6 Å². The van der Waals surface area contributed by atoms with E-state index in [2.05, 4.69) is 10.4 Å². The summed E-state index contributed by atoms with van der Waals surface area (Å²) in [4.78, 5) is 26.9. The Morgan fingerprint density at radius 3 is 2.33 bits per heavy atom. The van der Waals surface area contributed by atoms with E-state index in [1.54, 1.807) is 14.0 Å². The lowest BCUT2D eigenvalue weighted by atomic mass is 10.1. The molecule has 0 aromatic heterocycles. The first-order valence-electron chi connectivity index (χ1n) is 12.3. The Balaban J connectivity index is 1.68. The average molecular weight is 605 g/mol. The number of carbonyl (C=O) groups excluding carboxylic acids is 2. The molecule has 0 aliphatic heterocycles. The molecule has 3 aromatic rings. The van der Waals surface area contributed by atoms with Crippen molar-refractivity contribution < 1.29 is 18.0 Å². The van der Waals surface area contributed by atoms with Gasteiger partial charge in [-0.3, -0.25) is 9.59 Å². The van der Waals surface area contributed by atoms with Crippen molar-refractivity contribution in [2.45, 2.75) is 24.8 Å². The van der Waals surface area contributed by atoms with Crippen LogP contribution >= 0.6 is 23.2 Å². The van der Waals surface area contributed by atoms with Gasteiger partial charge in [0.2, 0.25) is 21.8 Å². The second-order valence-electron chi connectivity index (χ2n) is 9.10. The van der Waals surface area contributed by atoms with Gasteiger partial charge in [-0.25, -0.2) is 8.42 Å². The maximum absolute atomic E-state index is 13.6. The summed E-state index contributed by atoms with van der Waals surface area (Å²) < 4.78 is 28.3. The molecule has 0 heterocycles. The van der Waals surface area contributed by atoms with E-state index in [0.29, 0.717) is 23.6 Å². The predicted molar refractivity (Wildman–Crippen MR) is 158 cm³/mol. The smallest absolute Gasteiger partial charge is 0.245 e. The highest BCUT2D eigenvalue weighted by atomic mass is 35.5. The Morgan fingerprint density at radius 1 is 1.00 bits per heavy atom. The molecule has 0 aliphatic rings. The Hall–Kier alpha value is -3.44. The number of sulfonamides is 1. The van der Waals surface area contributed by atoms with E-state index in [4.69, 9.17) is 29.0 Å². The minimum Gasteiger partial charge on any atom is -0.346 e. The lowest BCUT2D eigenvalue weighted by Gasteiger charge is -2.23. The van der Waals surface area contributed by atoms with Crippen LogP contribution in [-0.2, 0) is 32.6 Å². The van der Waals surface area contributed by atoms with E-state index in [-0.39, 0.29) is 28.9 Å². The van der Waals surface area contributed by atoms with Crippen LogP contribution in [0.5, 0.6) is 0 Å². The Bertz CT molecular complexity index is 1470. The third kappa shape index (κ3) is 8.28. The first kappa shape index (κ1) is 31.1. The van der Waals surface area contributed by atoms with Crippen molar-refractivity contribution >= 4 is 51.3 Å². The van der Waals surface area contributed by atoms with Crippen LogP contribution in [0.4, 0.5) is 0 Å². The molecule has 212 valence electrons. The number of carbonyl (C=O) groups is 2. The average Bonchev–Trinajstić information content (AvgIpc) is 2.94. The van der Waals surface area contributed by atoms with Gasteiger partial charge in [0.1, 0.15) is 4.90 Å². The quantitative estimate of drug-likeness (QED) is 0.186. The Kier molecular flexibility index (Phi) is 11.1. The standard InChI is InChI=1S/C28H31Cl2N5O4S/c1-20-24(29)12-13-25(28(20)30)40(38,39)35(15-14-21-6-4-3-5-7-21)19-26(36)32-17-27(37)34(2)18-23-10-8-22(9-11-23)16-33-31/h3-13,16H,14-15,17-19,31H2,1-2H3,(H,32,36). The van der Waals surface area contributed by atoms with Crippen LogP contribution in [0.2, 0.25) is 10.0 Å². The number of hydrogen-bond acceptors (Lipinski definition) is 6. The maximum Gasteiger partial charge on any atom is 0.245 e. The number of hydrazone groups is 1. The number of likely N-dealkylation sites (N-methyl/N-ethyl adjacent to an activating group) is 1. The number of halogens is 2. The van der Waals surface area contributed by atoms with E-state index >= 15 is 0 Å². The lowest BCUT2D eigenvalue weighted by Crippen LogP contribution is -2.44. The molecule has 0 spiro atoms. The summed E-state index contributed by atoms with van der Waals surface area (Å²) in [5, 5.41) is 6.35. The summed E-state index contributed by atoms with van der Waals surface area (Å²) in [6.45, 7) is 1.18. The molecule has 3 aromatic carbocycles. The fourth-order valence-electron chi connectivity index (χ4n) is 3.84. The highest BCUT2D eigenvalue weighted by molar-refractivity contribution is 7.89. The second-order valence-corrected chi connectivity index (χ2v) is 11.8. The molecular formula is C28H31Cl2N5O4S. The second kappa shape index (κ2) is 14.3. The van der Waals surface area contributed by atoms with Crippen molar-refractivity contribution in [1.29, 1.82) is 0 Å². The van der Waals surface area contributed by atoms with Gasteiger partial charge < -0.3 is 16.1 Å². The number of nitrogens with one attached hydrogen (secondary N) is 1. The molecular weight excluding hydrogens is 573 g/mol. The van der Waals surface area contributed by atoms with Crippen molar-refractivity contribution in [1.82, 2.24) is 14.5 Å². The molecule has 3 rings (SSSR count). The molecule has 0 atom stereocenters. The number of hydrogen-bond donors (Lipinski definition) is 2. The van der Waals surface area contributed by atoms with Crippen LogP contribution < -0.4 is 11.2 Å². The normalized spacial score (nSPS) is 11.6. The molecule has 0 saturated heterocycles. The van der Waals surface area contributed by atoms with Gasteiger partial charge >= 0.3 is 0 Å². The molecule has 40 heavy (non-hydrogen) atoms. The zero-order chi connectivity index (χ0) is 29.3. The van der Waals surface area contributed by atoms with Gasteiger partial charge in [0.05, 0.1) is 24.3 Å². The molecule has 2 amide bonds. The maximum atomic E-state index is 13.6. The minimum atomic E-state index is -4.17. The molecule has 0 radical (unpaired) electrons. The Morgan fingerprint density at radius 2 is 1.68 bits per heavy atom. The van der Waals surface area contributed by atoms with Crippen molar-refractivity contribution in [3.63, 3.8) is 0 Å². The molecule has 0 aliphatic carbocycles. The van der Waals surface area contributed by atoms with Gasteiger partial charge in [0, 0.05) is 25.2 Å². The fourth-order valence-corrected chi connectivity index (χ4v) is 6.02. The van der Waals surface area contributed by atoms with E-state index < -0.39 is 22.5 Å². The molecule has 12 heteroatoms. The molecule has 0 unspecified atom stereocenters. The predicted octanol–water partition coefficient (Wildman–Crippen LogP) is 3.60.